The van der Waals surface area contributed by atoms with Crippen molar-refractivity contribution in [2.45, 2.75) is 66.2 Å². The Hall–Kier alpha value is -0.820. The van der Waals surface area contributed by atoms with Crippen molar-refractivity contribution in [1.29, 1.82) is 0 Å². The number of carbonyl (C=O) groups excluding carboxylic acids is 1. The molecule has 0 aliphatic rings. The van der Waals surface area contributed by atoms with E-state index in [2.05, 4.69) is 4.74 Å². The molecule has 2 atom stereocenters. The third-order valence-corrected chi connectivity index (χ3v) is 3.08. The van der Waals surface area contributed by atoms with Crippen LogP contribution in [0.2, 0.25) is 0 Å². The van der Waals surface area contributed by atoms with Crippen molar-refractivity contribution in [3.63, 3.8) is 0 Å². The van der Waals surface area contributed by atoms with E-state index in [1.807, 2.05) is 0 Å². The molecule has 0 saturated carbocycles. The second-order valence-electron chi connectivity index (χ2n) is 5.85. The first-order valence-corrected chi connectivity index (χ1v) is 6.42. The SMILES string of the molecule is CCC(C)(C)C(=O)OC(OC(C)(O)C(F)(F)F)C(C)C. The van der Waals surface area contributed by atoms with E-state index in [1.54, 1.807) is 20.8 Å². The van der Waals surface area contributed by atoms with Crippen LogP contribution in [0.5, 0.6) is 0 Å². The van der Waals surface area contributed by atoms with Crippen LogP contribution < -0.4 is 0 Å². The molecule has 0 aromatic rings. The fraction of sp³-hybridized carbons (Fsp3) is 0.923. The molecule has 0 heterocycles. The summed E-state index contributed by atoms with van der Waals surface area (Å²) in [6.45, 7) is 8.54. The fourth-order valence-electron chi connectivity index (χ4n) is 0.999. The Bertz CT molecular complexity index is 335. The molecule has 20 heavy (non-hydrogen) atoms. The third kappa shape index (κ3) is 4.94. The monoisotopic (exact) mass is 300 g/mol. The molecule has 0 fully saturated rings. The zero-order valence-corrected chi connectivity index (χ0v) is 12.7. The summed E-state index contributed by atoms with van der Waals surface area (Å²) in [5.74, 6) is -4.59. The Morgan fingerprint density at radius 2 is 1.65 bits per heavy atom. The minimum atomic E-state index is -4.98. The van der Waals surface area contributed by atoms with E-state index in [1.165, 1.54) is 13.8 Å². The number of ether oxygens (including phenoxy) is 2. The predicted octanol–water partition coefficient (Wildman–Crippen LogP) is 3.24. The molecule has 0 radical (unpaired) electrons. The second kappa shape index (κ2) is 6.30. The molecule has 0 rings (SSSR count). The minimum absolute atomic E-state index is 0.465. The highest BCUT2D eigenvalue weighted by atomic mass is 19.4. The first-order valence-electron chi connectivity index (χ1n) is 6.42. The van der Waals surface area contributed by atoms with Crippen molar-refractivity contribution in [2.24, 2.45) is 11.3 Å². The maximum Gasteiger partial charge on any atom is 0.442 e. The molecule has 7 heteroatoms. The fourth-order valence-corrected chi connectivity index (χ4v) is 0.999. The van der Waals surface area contributed by atoms with Gasteiger partial charge in [-0.2, -0.15) is 13.2 Å². The van der Waals surface area contributed by atoms with Gasteiger partial charge in [0.05, 0.1) is 5.41 Å². The molecule has 2 unspecified atom stereocenters. The van der Waals surface area contributed by atoms with Crippen LogP contribution in [0.1, 0.15) is 48.0 Å². The smallest absolute Gasteiger partial charge is 0.435 e. The zero-order valence-electron chi connectivity index (χ0n) is 12.7. The predicted molar refractivity (Wildman–Crippen MR) is 66.6 cm³/mol. The maximum atomic E-state index is 12.6. The van der Waals surface area contributed by atoms with Crippen molar-refractivity contribution in [2.75, 3.05) is 0 Å². The molecule has 1 N–H and O–H groups in total. The largest absolute Gasteiger partial charge is 0.442 e. The van der Waals surface area contributed by atoms with E-state index < -0.39 is 35.6 Å². The number of hydrogen-bond acceptors (Lipinski definition) is 4. The van der Waals surface area contributed by atoms with Crippen molar-refractivity contribution in [3.05, 3.63) is 0 Å². The van der Waals surface area contributed by atoms with E-state index in [4.69, 9.17) is 4.74 Å². The lowest BCUT2D eigenvalue weighted by molar-refractivity contribution is -0.393. The van der Waals surface area contributed by atoms with Crippen LogP contribution in [0.25, 0.3) is 0 Å². The van der Waals surface area contributed by atoms with Crippen LogP contribution in [-0.2, 0) is 14.3 Å². The highest BCUT2D eigenvalue weighted by Crippen LogP contribution is 2.34. The first kappa shape index (κ1) is 19.2. The molecule has 120 valence electrons. The number of carbonyl (C=O) groups is 1. The highest BCUT2D eigenvalue weighted by molar-refractivity contribution is 5.75. The van der Waals surface area contributed by atoms with Crippen LogP contribution in [0, 0.1) is 11.3 Å². The van der Waals surface area contributed by atoms with Gasteiger partial charge in [0.25, 0.3) is 5.79 Å². The van der Waals surface area contributed by atoms with Gasteiger partial charge in [-0.3, -0.25) is 4.79 Å². The molecule has 0 aliphatic heterocycles. The van der Waals surface area contributed by atoms with E-state index in [-0.39, 0.29) is 0 Å². The molecular formula is C13H23F3O4. The summed E-state index contributed by atoms with van der Waals surface area (Å²) < 4.78 is 47.3. The Kier molecular flexibility index (Phi) is 6.04. The molecule has 0 saturated heterocycles. The number of hydrogen-bond donors (Lipinski definition) is 1. The topological polar surface area (TPSA) is 55.8 Å². The number of esters is 1. The normalized spacial score (nSPS) is 17.8. The summed E-state index contributed by atoms with van der Waals surface area (Å²) in [6.07, 6.45) is -6.00. The van der Waals surface area contributed by atoms with Gasteiger partial charge in [-0.05, 0) is 27.2 Å². The van der Waals surface area contributed by atoms with Crippen molar-refractivity contribution >= 4 is 5.97 Å². The van der Waals surface area contributed by atoms with Crippen molar-refractivity contribution < 1.29 is 32.5 Å². The van der Waals surface area contributed by atoms with Gasteiger partial charge in [0.1, 0.15) is 0 Å². The quantitative estimate of drug-likeness (QED) is 0.604. The number of rotatable bonds is 6. The van der Waals surface area contributed by atoms with Crippen molar-refractivity contribution in [1.82, 2.24) is 0 Å². The number of alkyl halides is 3. The summed E-state index contributed by atoms with van der Waals surface area (Å²) in [7, 11) is 0. The van der Waals surface area contributed by atoms with Gasteiger partial charge in [0, 0.05) is 5.92 Å². The van der Waals surface area contributed by atoms with Crippen LogP contribution in [0.3, 0.4) is 0 Å². The van der Waals surface area contributed by atoms with Crippen molar-refractivity contribution in [3.8, 4) is 0 Å². The molecular weight excluding hydrogens is 277 g/mol. The van der Waals surface area contributed by atoms with Gasteiger partial charge < -0.3 is 14.6 Å². The number of aliphatic hydroxyl groups is 1. The molecule has 0 bridgehead atoms. The summed E-state index contributed by atoms with van der Waals surface area (Å²) in [5.41, 5.74) is -0.833. The molecule has 0 aliphatic carbocycles. The number of halogens is 3. The Morgan fingerprint density at radius 3 is 1.95 bits per heavy atom. The van der Waals surface area contributed by atoms with E-state index in [0.717, 1.165) is 0 Å². The van der Waals surface area contributed by atoms with E-state index >= 15 is 0 Å². The Morgan fingerprint density at radius 1 is 1.20 bits per heavy atom. The lowest BCUT2D eigenvalue weighted by Crippen LogP contribution is -2.49. The second-order valence-corrected chi connectivity index (χ2v) is 5.85. The Balaban J connectivity index is 4.99. The van der Waals surface area contributed by atoms with Crippen LogP contribution in [0.15, 0.2) is 0 Å². The summed E-state index contributed by atoms with van der Waals surface area (Å²) >= 11 is 0. The average Bonchev–Trinajstić information content (AvgIpc) is 2.25. The van der Waals surface area contributed by atoms with Crippen LogP contribution >= 0.6 is 0 Å². The summed E-state index contributed by atoms with van der Waals surface area (Å²) in [4.78, 5) is 11.9. The van der Waals surface area contributed by atoms with Gasteiger partial charge in [0.15, 0.2) is 0 Å². The lowest BCUT2D eigenvalue weighted by Gasteiger charge is -2.33. The third-order valence-electron chi connectivity index (χ3n) is 3.08. The first-order chi connectivity index (χ1) is 8.74. The summed E-state index contributed by atoms with van der Waals surface area (Å²) in [6, 6.07) is 0. The standard InChI is InChI=1S/C13H23F3O4/c1-7-11(4,5)10(17)19-9(8(2)3)20-12(6,18)13(14,15)16/h8-9,18H,7H2,1-6H3. The van der Waals surface area contributed by atoms with Gasteiger partial charge in [-0.1, -0.05) is 20.8 Å². The summed E-state index contributed by atoms with van der Waals surface area (Å²) in [5, 5.41) is 9.30. The van der Waals surface area contributed by atoms with E-state index in [9.17, 15) is 23.1 Å². The molecule has 0 aromatic heterocycles. The zero-order chi connectivity index (χ0) is 16.4. The Labute approximate surface area is 117 Å². The van der Waals surface area contributed by atoms with Gasteiger partial charge in [0.2, 0.25) is 6.29 Å². The van der Waals surface area contributed by atoms with Crippen LogP contribution in [-0.4, -0.2) is 29.3 Å². The molecule has 0 spiro atoms. The highest BCUT2D eigenvalue weighted by Gasteiger charge is 2.53. The molecule has 4 nitrogen and oxygen atoms in total. The van der Waals surface area contributed by atoms with Gasteiger partial charge in [-0.25, -0.2) is 0 Å². The van der Waals surface area contributed by atoms with Crippen LogP contribution in [0.4, 0.5) is 13.2 Å². The van der Waals surface area contributed by atoms with Gasteiger partial charge >= 0.3 is 12.1 Å². The maximum absolute atomic E-state index is 12.6. The minimum Gasteiger partial charge on any atom is -0.435 e. The molecule has 0 aromatic carbocycles. The average molecular weight is 300 g/mol. The lowest BCUT2D eigenvalue weighted by atomic mass is 9.90. The van der Waals surface area contributed by atoms with E-state index in [0.29, 0.717) is 13.3 Å². The molecule has 0 amide bonds. The van der Waals surface area contributed by atoms with Gasteiger partial charge in [-0.15, -0.1) is 0 Å².